The Morgan fingerprint density at radius 1 is 1.15 bits per heavy atom. The summed E-state index contributed by atoms with van der Waals surface area (Å²) < 4.78 is 18.9. The van der Waals surface area contributed by atoms with E-state index >= 15 is 0 Å². The van der Waals surface area contributed by atoms with E-state index in [-0.39, 0.29) is 17.5 Å². The molecule has 0 fully saturated rings. The third-order valence-corrected chi connectivity index (χ3v) is 4.75. The highest BCUT2D eigenvalue weighted by Crippen LogP contribution is 2.28. The van der Waals surface area contributed by atoms with E-state index in [0.29, 0.717) is 22.0 Å². The quantitative estimate of drug-likeness (QED) is 0.642. The van der Waals surface area contributed by atoms with Crippen molar-refractivity contribution in [2.24, 2.45) is 0 Å². The Kier molecular flexibility index (Phi) is 6.03. The second kappa shape index (κ2) is 8.64. The summed E-state index contributed by atoms with van der Waals surface area (Å²) in [5.41, 5.74) is 2.51. The van der Waals surface area contributed by atoms with Gasteiger partial charge < -0.3 is 10.1 Å². The molecule has 2 aromatic carbocycles. The average molecular weight is 383 g/mol. The van der Waals surface area contributed by atoms with Crippen LogP contribution in [0.1, 0.15) is 5.56 Å². The fourth-order valence-electron chi connectivity index (χ4n) is 2.40. The number of aromatic nitrogens is 2. The zero-order chi connectivity index (χ0) is 19.2. The lowest BCUT2D eigenvalue weighted by molar-refractivity contribution is -0.113. The van der Waals surface area contributed by atoms with Crippen molar-refractivity contribution in [3.8, 4) is 17.0 Å². The van der Waals surface area contributed by atoms with Gasteiger partial charge in [-0.2, -0.15) is 0 Å². The van der Waals surface area contributed by atoms with Crippen LogP contribution in [0, 0.1) is 12.7 Å². The fraction of sp³-hybridized carbons (Fsp3) is 0.150. The number of nitrogens with one attached hydrogen (secondary N) is 1. The number of aryl methyl sites for hydroxylation is 1. The second-order valence-corrected chi connectivity index (χ2v) is 6.75. The monoisotopic (exact) mass is 383 g/mol. The Labute approximate surface area is 161 Å². The number of ether oxygens (including phenoxy) is 1. The molecular formula is C20H18FN3O2S. The van der Waals surface area contributed by atoms with Crippen LogP contribution >= 0.6 is 11.8 Å². The van der Waals surface area contributed by atoms with Gasteiger partial charge in [-0.05, 0) is 48.9 Å². The number of amides is 1. The number of carbonyl (C=O) groups excluding carboxylic acids is 1. The smallest absolute Gasteiger partial charge is 0.234 e. The van der Waals surface area contributed by atoms with Crippen molar-refractivity contribution < 1.29 is 13.9 Å². The molecule has 1 heterocycles. The molecule has 0 saturated carbocycles. The molecule has 3 aromatic rings. The first-order valence-electron chi connectivity index (χ1n) is 8.23. The topological polar surface area (TPSA) is 64.1 Å². The maximum Gasteiger partial charge on any atom is 0.234 e. The summed E-state index contributed by atoms with van der Waals surface area (Å²) in [7, 11) is 1.61. The first-order chi connectivity index (χ1) is 13.1. The Bertz CT molecular complexity index is 948. The number of methoxy groups -OCH3 is 1. The molecule has 1 N–H and O–H groups in total. The Balaban J connectivity index is 1.60. The van der Waals surface area contributed by atoms with Gasteiger partial charge in [-0.1, -0.05) is 30.0 Å². The molecule has 0 spiro atoms. The van der Waals surface area contributed by atoms with Gasteiger partial charge in [0.05, 0.1) is 18.6 Å². The van der Waals surface area contributed by atoms with E-state index in [9.17, 15) is 9.18 Å². The van der Waals surface area contributed by atoms with Crippen molar-refractivity contribution in [1.29, 1.82) is 0 Å². The fourth-order valence-corrected chi connectivity index (χ4v) is 3.02. The van der Waals surface area contributed by atoms with Crippen LogP contribution in [0.25, 0.3) is 11.3 Å². The molecule has 0 atom stereocenters. The minimum atomic E-state index is -0.349. The molecule has 1 amide bonds. The highest BCUT2D eigenvalue weighted by Gasteiger charge is 2.09. The molecule has 0 saturated heterocycles. The van der Waals surface area contributed by atoms with Crippen LogP contribution in [0.2, 0.25) is 0 Å². The molecule has 7 heteroatoms. The molecule has 0 bridgehead atoms. The van der Waals surface area contributed by atoms with Crippen molar-refractivity contribution >= 4 is 23.4 Å². The molecule has 0 aliphatic carbocycles. The van der Waals surface area contributed by atoms with Gasteiger partial charge in [0, 0.05) is 11.3 Å². The number of para-hydroxylation sites is 1. The first kappa shape index (κ1) is 18.8. The maximum atomic E-state index is 13.5. The number of carbonyl (C=O) groups is 1. The van der Waals surface area contributed by atoms with Crippen molar-refractivity contribution in [3.63, 3.8) is 0 Å². The summed E-state index contributed by atoms with van der Waals surface area (Å²) in [6, 6.07) is 15.8. The molecule has 3 rings (SSSR count). The SMILES string of the molecule is COc1ccccc1-c1ccc(SCC(=O)Nc2ccc(C)c(F)c2)nn1. The van der Waals surface area contributed by atoms with Crippen LogP contribution in [0.5, 0.6) is 5.75 Å². The van der Waals surface area contributed by atoms with Gasteiger partial charge in [-0.25, -0.2) is 4.39 Å². The van der Waals surface area contributed by atoms with E-state index in [0.717, 1.165) is 11.3 Å². The maximum absolute atomic E-state index is 13.5. The number of hydrogen-bond donors (Lipinski definition) is 1. The third-order valence-electron chi connectivity index (χ3n) is 3.83. The van der Waals surface area contributed by atoms with Gasteiger partial charge in [0.2, 0.25) is 5.91 Å². The van der Waals surface area contributed by atoms with E-state index in [2.05, 4.69) is 15.5 Å². The molecule has 27 heavy (non-hydrogen) atoms. The van der Waals surface area contributed by atoms with Crippen LogP contribution in [-0.4, -0.2) is 29.0 Å². The number of rotatable bonds is 6. The molecule has 0 radical (unpaired) electrons. The van der Waals surface area contributed by atoms with E-state index in [4.69, 9.17) is 4.74 Å². The normalized spacial score (nSPS) is 10.5. The van der Waals surface area contributed by atoms with E-state index in [1.807, 2.05) is 30.3 Å². The lowest BCUT2D eigenvalue weighted by Gasteiger charge is -2.08. The summed E-state index contributed by atoms with van der Waals surface area (Å²) in [4.78, 5) is 12.0. The van der Waals surface area contributed by atoms with Crippen LogP contribution in [0.15, 0.2) is 59.6 Å². The van der Waals surface area contributed by atoms with Gasteiger partial charge in [0.15, 0.2) is 0 Å². The van der Waals surface area contributed by atoms with Crippen LogP contribution in [0.3, 0.4) is 0 Å². The number of halogens is 1. The van der Waals surface area contributed by atoms with Gasteiger partial charge in [-0.15, -0.1) is 10.2 Å². The molecule has 0 unspecified atom stereocenters. The molecule has 138 valence electrons. The van der Waals surface area contributed by atoms with Crippen LogP contribution in [-0.2, 0) is 4.79 Å². The summed E-state index contributed by atoms with van der Waals surface area (Å²) in [5.74, 6) is 0.284. The van der Waals surface area contributed by atoms with Gasteiger partial charge in [-0.3, -0.25) is 4.79 Å². The van der Waals surface area contributed by atoms with Crippen molar-refractivity contribution in [2.75, 3.05) is 18.2 Å². The van der Waals surface area contributed by atoms with Gasteiger partial charge in [0.1, 0.15) is 16.6 Å². The molecule has 0 aliphatic rings. The number of nitrogens with zero attached hydrogens (tertiary/aromatic N) is 2. The minimum absolute atomic E-state index is 0.151. The first-order valence-corrected chi connectivity index (χ1v) is 9.21. The number of benzene rings is 2. The number of anilines is 1. The predicted octanol–water partition coefficient (Wildman–Crippen LogP) is 4.33. The summed E-state index contributed by atoms with van der Waals surface area (Å²) in [5, 5.41) is 11.7. The van der Waals surface area contributed by atoms with Crippen molar-refractivity contribution in [1.82, 2.24) is 10.2 Å². The van der Waals surface area contributed by atoms with Gasteiger partial charge in [0.25, 0.3) is 0 Å². The second-order valence-electron chi connectivity index (χ2n) is 5.76. The minimum Gasteiger partial charge on any atom is -0.496 e. The Morgan fingerprint density at radius 3 is 2.67 bits per heavy atom. The molecule has 5 nitrogen and oxygen atoms in total. The van der Waals surface area contributed by atoms with E-state index in [1.165, 1.54) is 17.8 Å². The van der Waals surface area contributed by atoms with Crippen molar-refractivity contribution in [3.05, 3.63) is 66.0 Å². The zero-order valence-corrected chi connectivity index (χ0v) is 15.7. The Hall–Kier alpha value is -2.93. The predicted molar refractivity (Wildman–Crippen MR) is 105 cm³/mol. The third kappa shape index (κ3) is 4.83. The standard InChI is InChI=1S/C20H18FN3O2S/c1-13-7-8-14(11-16(13)21)22-19(25)12-27-20-10-9-17(23-24-20)15-5-3-4-6-18(15)26-2/h3-11H,12H2,1-2H3,(H,22,25). The molecule has 0 aliphatic heterocycles. The summed E-state index contributed by atoms with van der Waals surface area (Å²) in [6.07, 6.45) is 0. The highest BCUT2D eigenvalue weighted by molar-refractivity contribution is 7.99. The molecule has 1 aromatic heterocycles. The number of thioether (sulfide) groups is 1. The number of hydrogen-bond acceptors (Lipinski definition) is 5. The highest BCUT2D eigenvalue weighted by atomic mass is 32.2. The average Bonchev–Trinajstić information content (AvgIpc) is 2.69. The van der Waals surface area contributed by atoms with Gasteiger partial charge >= 0.3 is 0 Å². The van der Waals surface area contributed by atoms with Crippen LogP contribution in [0.4, 0.5) is 10.1 Å². The lowest BCUT2D eigenvalue weighted by Crippen LogP contribution is -2.14. The van der Waals surface area contributed by atoms with Crippen LogP contribution < -0.4 is 10.1 Å². The largest absolute Gasteiger partial charge is 0.496 e. The lowest BCUT2D eigenvalue weighted by atomic mass is 10.1. The van der Waals surface area contributed by atoms with E-state index in [1.54, 1.807) is 32.2 Å². The molecular weight excluding hydrogens is 365 g/mol. The van der Waals surface area contributed by atoms with E-state index < -0.39 is 0 Å². The Morgan fingerprint density at radius 2 is 1.96 bits per heavy atom. The van der Waals surface area contributed by atoms with Crippen molar-refractivity contribution in [2.45, 2.75) is 11.9 Å². The summed E-state index contributed by atoms with van der Waals surface area (Å²) in [6.45, 7) is 1.67. The summed E-state index contributed by atoms with van der Waals surface area (Å²) >= 11 is 1.26. The zero-order valence-electron chi connectivity index (χ0n) is 14.9.